The zero-order chi connectivity index (χ0) is 29.8. The molecule has 0 aromatic heterocycles. The van der Waals surface area contributed by atoms with Crippen molar-refractivity contribution in [3.8, 4) is 11.5 Å². The largest absolute Gasteiger partial charge is 0.493 e. The molecule has 2 amide bonds. The molecular weight excluding hydrogens is 622 g/mol. The van der Waals surface area contributed by atoms with E-state index in [1.54, 1.807) is 72.8 Å². The van der Waals surface area contributed by atoms with Gasteiger partial charge in [0.15, 0.2) is 16.6 Å². The Morgan fingerprint density at radius 3 is 1.93 bits per heavy atom. The van der Waals surface area contributed by atoms with E-state index in [0.717, 1.165) is 5.56 Å². The van der Waals surface area contributed by atoms with Crippen LogP contribution in [0.3, 0.4) is 0 Å². The zero-order valence-electron chi connectivity index (χ0n) is 22.1. The smallest absolute Gasteiger partial charge is 0.270 e. The van der Waals surface area contributed by atoms with E-state index in [1.807, 2.05) is 12.1 Å². The number of nitro benzene ring substituents is 1. The average molecular weight is 645 g/mol. The first-order valence-corrected chi connectivity index (χ1v) is 13.8. The summed E-state index contributed by atoms with van der Waals surface area (Å²) in [5.41, 5.74) is 2.18. The van der Waals surface area contributed by atoms with Crippen LogP contribution in [0.25, 0.3) is 6.08 Å². The lowest BCUT2D eigenvalue weighted by Gasteiger charge is -2.36. The number of methoxy groups -OCH3 is 1. The van der Waals surface area contributed by atoms with E-state index in [-0.39, 0.29) is 23.0 Å². The molecule has 4 aromatic carbocycles. The number of carbonyl (C=O) groups is 2. The molecule has 0 unspecified atom stereocenters. The van der Waals surface area contributed by atoms with Crippen LogP contribution in [0.2, 0.25) is 0 Å². The molecule has 11 heteroatoms. The Bertz CT molecular complexity index is 1650. The van der Waals surface area contributed by atoms with Crippen LogP contribution in [-0.4, -0.2) is 29.0 Å². The van der Waals surface area contributed by atoms with Gasteiger partial charge in [0.05, 0.1) is 27.9 Å². The first-order valence-electron chi connectivity index (χ1n) is 12.6. The monoisotopic (exact) mass is 643 g/mol. The number of nitrogens with zero attached hydrogens (tertiary/aromatic N) is 3. The van der Waals surface area contributed by atoms with Gasteiger partial charge in [0.25, 0.3) is 17.5 Å². The highest BCUT2D eigenvalue weighted by Gasteiger charge is 2.41. The van der Waals surface area contributed by atoms with Gasteiger partial charge in [-0.1, -0.05) is 36.4 Å². The van der Waals surface area contributed by atoms with E-state index in [4.69, 9.17) is 21.7 Å². The Kier molecular flexibility index (Phi) is 8.41. The molecule has 0 spiro atoms. The summed E-state index contributed by atoms with van der Waals surface area (Å²) in [7, 11) is 1.47. The number of hydrogen-bond donors (Lipinski definition) is 0. The van der Waals surface area contributed by atoms with Crippen molar-refractivity contribution >= 4 is 68.2 Å². The highest BCUT2D eigenvalue weighted by Crippen LogP contribution is 2.38. The third-order valence-electron chi connectivity index (χ3n) is 6.37. The molecular formula is C31H22BrN3O6S. The minimum atomic E-state index is -0.558. The minimum Gasteiger partial charge on any atom is -0.493 e. The molecule has 4 aromatic rings. The van der Waals surface area contributed by atoms with Gasteiger partial charge in [0.2, 0.25) is 0 Å². The molecule has 210 valence electrons. The molecule has 9 nitrogen and oxygen atoms in total. The number of ether oxygens (including phenoxy) is 2. The highest BCUT2D eigenvalue weighted by atomic mass is 79.9. The molecule has 0 atom stereocenters. The van der Waals surface area contributed by atoms with E-state index in [9.17, 15) is 19.7 Å². The number of para-hydroxylation sites is 2. The first-order chi connectivity index (χ1) is 20.3. The van der Waals surface area contributed by atoms with Gasteiger partial charge < -0.3 is 9.47 Å². The van der Waals surface area contributed by atoms with Crippen LogP contribution in [0.4, 0.5) is 17.1 Å². The van der Waals surface area contributed by atoms with Crippen LogP contribution < -0.4 is 19.3 Å². The summed E-state index contributed by atoms with van der Waals surface area (Å²) in [6.07, 6.45) is 1.49. The second kappa shape index (κ2) is 12.3. The number of amides is 2. The topological polar surface area (TPSA) is 102 Å². The van der Waals surface area contributed by atoms with Crippen LogP contribution in [0.5, 0.6) is 11.5 Å². The van der Waals surface area contributed by atoms with E-state index in [1.165, 1.54) is 35.1 Å². The number of halogens is 1. The normalized spacial score (nSPS) is 13.3. The number of hydrogen-bond acceptors (Lipinski definition) is 7. The standard InChI is InChI=1S/C31H22BrN3O6S/c1-40-27-18-21(17-26(32)28(27)41-19-20-12-14-24(15-13-20)35(38)39)16-25-29(36)33(22-8-4-2-5-9-22)31(42)34(30(25)37)23-10-6-3-7-11-23/h2-18H,19H2,1H3. The number of anilines is 2. The van der Waals surface area contributed by atoms with Gasteiger partial charge in [-0.3, -0.25) is 29.5 Å². The molecule has 1 heterocycles. The Morgan fingerprint density at radius 2 is 1.43 bits per heavy atom. The second-order valence-corrected chi connectivity index (χ2v) is 10.3. The van der Waals surface area contributed by atoms with Gasteiger partial charge in [0, 0.05) is 12.1 Å². The van der Waals surface area contributed by atoms with Crippen molar-refractivity contribution in [3.63, 3.8) is 0 Å². The molecule has 1 fully saturated rings. The maximum atomic E-state index is 13.8. The molecule has 1 saturated heterocycles. The van der Waals surface area contributed by atoms with E-state index < -0.39 is 16.7 Å². The highest BCUT2D eigenvalue weighted by molar-refractivity contribution is 9.10. The summed E-state index contributed by atoms with van der Waals surface area (Å²) >= 11 is 9.17. The molecule has 42 heavy (non-hydrogen) atoms. The predicted octanol–water partition coefficient (Wildman–Crippen LogP) is 6.69. The van der Waals surface area contributed by atoms with Crippen LogP contribution in [0.1, 0.15) is 11.1 Å². The molecule has 1 aliphatic rings. The SMILES string of the molecule is COc1cc(C=C2C(=O)N(c3ccccc3)C(=S)N(c3ccccc3)C2=O)cc(Br)c1OCc1ccc([N+](=O)[O-])cc1. The van der Waals surface area contributed by atoms with E-state index in [2.05, 4.69) is 15.9 Å². The fourth-order valence-electron chi connectivity index (χ4n) is 4.34. The molecule has 5 rings (SSSR count). The van der Waals surface area contributed by atoms with Crippen molar-refractivity contribution in [1.82, 2.24) is 0 Å². The number of benzene rings is 4. The summed E-state index contributed by atoms with van der Waals surface area (Å²) in [4.78, 5) is 40.7. The van der Waals surface area contributed by atoms with Crippen LogP contribution in [0.15, 0.2) is 107 Å². The van der Waals surface area contributed by atoms with Gasteiger partial charge in [-0.15, -0.1) is 0 Å². The van der Waals surface area contributed by atoms with Crippen molar-refractivity contribution in [3.05, 3.63) is 128 Å². The Labute approximate surface area is 254 Å². The van der Waals surface area contributed by atoms with Crippen molar-refractivity contribution in [1.29, 1.82) is 0 Å². The van der Waals surface area contributed by atoms with Crippen molar-refractivity contribution < 1.29 is 24.0 Å². The van der Waals surface area contributed by atoms with Gasteiger partial charge in [-0.25, -0.2) is 0 Å². The Hall–Kier alpha value is -4.87. The fraction of sp³-hybridized carbons (Fsp3) is 0.0645. The maximum absolute atomic E-state index is 13.8. The van der Waals surface area contributed by atoms with Gasteiger partial charge in [-0.2, -0.15) is 0 Å². The lowest BCUT2D eigenvalue weighted by atomic mass is 10.0. The molecule has 0 radical (unpaired) electrons. The van der Waals surface area contributed by atoms with E-state index in [0.29, 0.717) is 32.9 Å². The summed E-state index contributed by atoms with van der Waals surface area (Å²) in [5.74, 6) is -0.379. The third-order valence-corrected chi connectivity index (χ3v) is 7.33. The van der Waals surface area contributed by atoms with Crippen molar-refractivity contribution in [2.75, 3.05) is 16.9 Å². The number of non-ortho nitro benzene ring substituents is 1. The summed E-state index contributed by atoms with van der Waals surface area (Å²) in [5, 5.41) is 11.0. The molecule has 0 bridgehead atoms. The van der Waals surface area contributed by atoms with Gasteiger partial charge in [-0.05, 0) is 93.9 Å². The molecule has 0 N–H and O–H groups in total. The average Bonchev–Trinajstić information content (AvgIpc) is 3.00. The Morgan fingerprint density at radius 1 is 0.881 bits per heavy atom. The lowest BCUT2D eigenvalue weighted by Crippen LogP contribution is -2.56. The number of thiocarbonyl (C=S) groups is 1. The predicted molar refractivity (Wildman–Crippen MR) is 167 cm³/mol. The first kappa shape index (κ1) is 28.7. The number of nitro groups is 1. The van der Waals surface area contributed by atoms with E-state index >= 15 is 0 Å². The van der Waals surface area contributed by atoms with Crippen LogP contribution in [0, 0.1) is 10.1 Å². The third kappa shape index (κ3) is 5.78. The number of carbonyl (C=O) groups excluding carboxylic acids is 2. The molecule has 0 aliphatic carbocycles. The minimum absolute atomic E-state index is 0.0147. The lowest BCUT2D eigenvalue weighted by molar-refractivity contribution is -0.384. The summed E-state index contributed by atoms with van der Waals surface area (Å²) in [6, 6.07) is 27.2. The Balaban J connectivity index is 1.50. The van der Waals surface area contributed by atoms with Gasteiger partial charge >= 0.3 is 0 Å². The molecule has 1 aliphatic heterocycles. The fourth-order valence-corrected chi connectivity index (χ4v) is 5.29. The summed E-state index contributed by atoms with van der Waals surface area (Å²) < 4.78 is 12.0. The number of rotatable bonds is 8. The van der Waals surface area contributed by atoms with Crippen LogP contribution >= 0.6 is 28.1 Å². The summed E-state index contributed by atoms with van der Waals surface area (Å²) in [6.45, 7) is 0.125. The van der Waals surface area contributed by atoms with Crippen molar-refractivity contribution in [2.45, 2.75) is 6.61 Å². The molecule has 0 saturated carbocycles. The maximum Gasteiger partial charge on any atom is 0.270 e. The zero-order valence-corrected chi connectivity index (χ0v) is 24.5. The van der Waals surface area contributed by atoms with Gasteiger partial charge in [0.1, 0.15) is 12.2 Å². The van der Waals surface area contributed by atoms with Crippen molar-refractivity contribution in [2.24, 2.45) is 0 Å². The quantitative estimate of drug-likeness (QED) is 0.0692. The second-order valence-electron chi connectivity index (χ2n) is 9.04. The van der Waals surface area contributed by atoms with Crippen LogP contribution in [-0.2, 0) is 16.2 Å².